The van der Waals surface area contributed by atoms with Gasteiger partial charge >= 0.3 is 5.97 Å². The van der Waals surface area contributed by atoms with Crippen LogP contribution in [0.4, 0.5) is 0 Å². The molecule has 22 heavy (non-hydrogen) atoms. The highest BCUT2D eigenvalue weighted by molar-refractivity contribution is 7.90. The zero-order chi connectivity index (χ0) is 17.1. The molecule has 1 aromatic rings. The molecule has 1 amide bonds. The summed E-state index contributed by atoms with van der Waals surface area (Å²) in [6.45, 7) is 4.96. The third-order valence-electron chi connectivity index (χ3n) is 3.63. The van der Waals surface area contributed by atoms with E-state index in [9.17, 15) is 18.0 Å². The molecule has 2 atom stereocenters. The van der Waals surface area contributed by atoms with Gasteiger partial charge in [-0.2, -0.15) is 0 Å². The molecule has 0 aromatic heterocycles. The summed E-state index contributed by atoms with van der Waals surface area (Å²) in [5.41, 5.74) is 0.968. The summed E-state index contributed by atoms with van der Waals surface area (Å²) in [6, 6.07) is 3.84. The number of benzene rings is 1. The summed E-state index contributed by atoms with van der Waals surface area (Å²) in [7, 11) is -3.42. The van der Waals surface area contributed by atoms with Crippen molar-refractivity contribution in [2.45, 2.75) is 38.1 Å². The van der Waals surface area contributed by atoms with Crippen LogP contribution in [-0.2, 0) is 21.1 Å². The van der Waals surface area contributed by atoms with Crippen molar-refractivity contribution in [2.75, 3.05) is 6.26 Å². The SMILES string of the molecule is CCc1ccc(S(C)(=O)=O)cc1C(=O)NC(C)C(C)C(=O)O. The third-order valence-corrected chi connectivity index (χ3v) is 4.74. The molecule has 122 valence electrons. The summed E-state index contributed by atoms with van der Waals surface area (Å²) < 4.78 is 23.2. The molecule has 6 nitrogen and oxygen atoms in total. The monoisotopic (exact) mass is 327 g/mol. The number of carbonyl (C=O) groups excluding carboxylic acids is 1. The number of carboxylic acids is 1. The first-order valence-corrected chi connectivity index (χ1v) is 8.83. The van der Waals surface area contributed by atoms with Gasteiger partial charge in [0.15, 0.2) is 9.84 Å². The van der Waals surface area contributed by atoms with Gasteiger partial charge in [0.2, 0.25) is 0 Å². The van der Waals surface area contributed by atoms with E-state index in [1.165, 1.54) is 19.1 Å². The van der Waals surface area contributed by atoms with Gasteiger partial charge in [-0.15, -0.1) is 0 Å². The van der Waals surface area contributed by atoms with E-state index in [0.29, 0.717) is 12.0 Å². The average molecular weight is 327 g/mol. The largest absolute Gasteiger partial charge is 0.481 e. The van der Waals surface area contributed by atoms with E-state index < -0.39 is 33.7 Å². The van der Waals surface area contributed by atoms with Crippen molar-refractivity contribution in [3.63, 3.8) is 0 Å². The van der Waals surface area contributed by atoms with Crippen LogP contribution in [0.2, 0.25) is 0 Å². The van der Waals surface area contributed by atoms with Gasteiger partial charge in [0, 0.05) is 17.9 Å². The number of sulfone groups is 1. The lowest BCUT2D eigenvalue weighted by Gasteiger charge is -2.19. The highest BCUT2D eigenvalue weighted by Crippen LogP contribution is 2.17. The standard InChI is InChI=1S/C15H21NO5S/c1-5-11-6-7-12(22(4,20)21)8-13(11)14(17)16-10(3)9(2)15(18)19/h6-10H,5H2,1-4H3,(H,16,17)(H,18,19). The lowest BCUT2D eigenvalue weighted by atomic mass is 10.0. The van der Waals surface area contributed by atoms with Gasteiger partial charge in [-0.25, -0.2) is 8.42 Å². The molecule has 0 heterocycles. The van der Waals surface area contributed by atoms with Crippen molar-refractivity contribution in [3.05, 3.63) is 29.3 Å². The molecular weight excluding hydrogens is 306 g/mol. The Bertz CT molecular complexity index is 681. The quantitative estimate of drug-likeness (QED) is 0.824. The smallest absolute Gasteiger partial charge is 0.308 e. The maximum absolute atomic E-state index is 12.3. The van der Waals surface area contributed by atoms with Gasteiger partial charge in [0.05, 0.1) is 10.8 Å². The molecule has 1 rings (SSSR count). The number of hydrogen-bond acceptors (Lipinski definition) is 4. The molecule has 2 unspecified atom stereocenters. The molecule has 0 saturated carbocycles. The minimum atomic E-state index is -3.42. The van der Waals surface area contributed by atoms with Crippen LogP contribution >= 0.6 is 0 Å². The van der Waals surface area contributed by atoms with Gasteiger partial charge < -0.3 is 10.4 Å². The Labute approximate surface area is 130 Å². The number of hydrogen-bond donors (Lipinski definition) is 2. The van der Waals surface area contributed by atoms with Gasteiger partial charge in [0.25, 0.3) is 5.91 Å². The fourth-order valence-electron chi connectivity index (χ4n) is 1.93. The summed E-state index contributed by atoms with van der Waals surface area (Å²) in [6.07, 6.45) is 1.64. The predicted molar refractivity (Wildman–Crippen MR) is 82.7 cm³/mol. The number of aliphatic carboxylic acids is 1. The Morgan fingerprint density at radius 2 is 1.86 bits per heavy atom. The second-order valence-electron chi connectivity index (χ2n) is 5.33. The highest BCUT2D eigenvalue weighted by atomic mass is 32.2. The summed E-state index contributed by atoms with van der Waals surface area (Å²) >= 11 is 0. The van der Waals surface area contributed by atoms with Crippen molar-refractivity contribution < 1.29 is 23.1 Å². The Balaban J connectivity index is 3.13. The van der Waals surface area contributed by atoms with E-state index in [1.807, 2.05) is 6.92 Å². The Kier molecular flexibility index (Phi) is 5.71. The number of carbonyl (C=O) groups is 2. The third kappa shape index (κ3) is 4.30. The average Bonchev–Trinajstić information content (AvgIpc) is 2.44. The first kappa shape index (κ1) is 18.2. The van der Waals surface area contributed by atoms with Gasteiger partial charge in [-0.05, 0) is 38.0 Å². The first-order valence-electron chi connectivity index (χ1n) is 6.94. The first-order chi connectivity index (χ1) is 10.1. The van der Waals surface area contributed by atoms with Crippen LogP contribution in [0.15, 0.2) is 23.1 Å². The molecule has 0 aliphatic carbocycles. The maximum atomic E-state index is 12.3. The summed E-state index contributed by atoms with van der Waals surface area (Å²) in [5, 5.41) is 11.6. The van der Waals surface area contributed by atoms with Crippen LogP contribution in [0.5, 0.6) is 0 Å². The topological polar surface area (TPSA) is 101 Å². The van der Waals surface area contributed by atoms with E-state index in [1.54, 1.807) is 13.0 Å². The number of aryl methyl sites for hydroxylation is 1. The van der Waals surface area contributed by atoms with E-state index in [4.69, 9.17) is 5.11 Å². The number of amides is 1. The lowest BCUT2D eigenvalue weighted by Crippen LogP contribution is -2.40. The zero-order valence-corrected chi connectivity index (χ0v) is 13.9. The molecular formula is C15H21NO5S. The summed E-state index contributed by atoms with van der Waals surface area (Å²) in [4.78, 5) is 23.3. The molecule has 7 heteroatoms. The van der Waals surface area contributed by atoms with Crippen LogP contribution < -0.4 is 5.32 Å². The molecule has 0 spiro atoms. The Morgan fingerprint density at radius 1 is 1.27 bits per heavy atom. The molecule has 1 aromatic carbocycles. The van der Waals surface area contributed by atoms with Crippen molar-refractivity contribution in [1.29, 1.82) is 0 Å². The van der Waals surface area contributed by atoms with E-state index in [0.717, 1.165) is 6.26 Å². The molecule has 0 saturated heterocycles. The number of carboxylic acid groups (broad SMARTS) is 1. The van der Waals surface area contributed by atoms with Crippen LogP contribution in [0.1, 0.15) is 36.7 Å². The second-order valence-corrected chi connectivity index (χ2v) is 7.35. The second kappa shape index (κ2) is 6.91. The molecule has 0 aliphatic rings. The van der Waals surface area contributed by atoms with Gasteiger partial charge in [-0.3, -0.25) is 9.59 Å². The van der Waals surface area contributed by atoms with E-state index in [-0.39, 0.29) is 10.5 Å². The fourth-order valence-corrected chi connectivity index (χ4v) is 2.58. The van der Waals surface area contributed by atoms with Crippen molar-refractivity contribution in [3.8, 4) is 0 Å². The molecule has 0 aliphatic heterocycles. The zero-order valence-electron chi connectivity index (χ0n) is 13.1. The molecule has 0 radical (unpaired) electrons. The van der Waals surface area contributed by atoms with E-state index in [2.05, 4.69) is 5.32 Å². The summed E-state index contributed by atoms with van der Waals surface area (Å²) in [5.74, 6) is -2.22. The van der Waals surface area contributed by atoms with Crippen LogP contribution in [0, 0.1) is 5.92 Å². The minimum absolute atomic E-state index is 0.0637. The maximum Gasteiger partial charge on any atom is 0.308 e. The van der Waals surface area contributed by atoms with E-state index >= 15 is 0 Å². The normalized spacial score (nSPS) is 14.2. The van der Waals surface area contributed by atoms with Crippen molar-refractivity contribution >= 4 is 21.7 Å². The van der Waals surface area contributed by atoms with Crippen LogP contribution in [-0.4, -0.2) is 37.7 Å². The van der Waals surface area contributed by atoms with Crippen LogP contribution in [0.25, 0.3) is 0 Å². The van der Waals surface area contributed by atoms with Gasteiger partial charge in [0.1, 0.15) is 0 Å². The van der Waals surface area contributed by atoms with Crippen molar-refractivity contribution in [2.24, 2.45) is 5.92 Å². The van der Waals surface area contributed by atoms with Crippen molar-refractivity contribution in [1.82, 2.24) is 5.32 Å². The fraction of sp³-hybridized carbons (Fsp3) is 0.467. The van der Waals surface area contributed by atoms with Gasteiger partial charge in [-0.1, -0.05) is 13.0 Å². The molecule has 0 bridgehead atoms. The Hall–Kier alpha value is -1.89. The minimum Gasteiger partial charge on any atom is -0.481 e. The highest BCUT2D eigenvalue weighted by Gasteiger charge is 2.23. The van der Waals surface area contributed by atoms with Crippen LogP contribution in [0.3, 0.4) is 0 Å². The number of rotatable bonds is 6. The number of nitrogens with one attached hydrogen (secondary N) is 1. The lowest BCUT2D eigenvalue weighted by molar-refractivity contribution is -0.141. The predicted octanol–water partition coefficient (Wildman–Crippen LogP) is 1.49. The Morgan fingerprint density at radius 3 is 2.32 bits per heavy atom. The molecule has 0 fully saturated rings. The molecule has 2 N–H and O–H groups in total.